The lowest BCUT2D eigenvalue weighted by Gasteiger charge is -2.22. The number of halogens is 1. The molecule has 2 atom stereocenters. The van der Waals surface area contributed by atoms with Crippen LogP contribution in [0.4, 0.5) is 9.18 Å². The Kier molecular flexibility index (Phi) is 6.21. The lowest BCUT2D eigenvalue weighted by atomic mass is 10.1. The van der Waals surface area contributed by atoms with E-state index in [0.717, 1.165) is 26.1 Å². The average molecular weight is 323 g/mol. The summed E-state index contributed by atoms with van der Waals surface area (Å²) in [6.45, 7) is 4.86. The van der Waals surface area contributed by atoms with Crippen LogP contribution in [0.5, 0.6) is 5.75 Å². The van der Waals surface area contributed by atoms with E-state index < -0.39 is 0 Å². The SMILES string of the molecule is C[C@H](COc1ccc(F)cc1)NC(=O)N1CC[C@@H](CN(C)C)C1. The second-order valence-electron chi connectivity index (χ2n) is 6.48. The molecule has 1 fully saturated rings. The van der Waals surface area contributed by atoms with Gasteiger partial charge < -0.3 is 19.9 Å². The summed E-state index contributed by atoms with van der Waals surface area (Å²) in [5.74, 6) is 0.848. The van der Waals surface area contributed by atoms with E-state index in [4.69, 9.17) is 4.74 Å². The first-order chi connectivity index (χ1) is 10.9. The molecule has 23 heavy (non-hydrogen) atoms. The Morgan fingerprint density at radius 3 is 2.78 bits per heavy atom. The summed E-state index contributed by atoms with van der Waals surface area (Å²) in [4.78, 5) is 16.3. The lowest BCUT2D eigenvalue weighted by molar-refractivity contribution is 0.194. The number of carbonyl (C=O) groups excluding carboxylic acids is 1. The fourth-order valence-electron chi connectivity index (χ4n) is 2.78. The highest BCUT2D eigenvalue weighted by Gasteiger charge is 2.27. The van der Waals surface area contributed by atoms with E-state index in [1.807, 2.05) is 11.8 Å². The van der Waals surface area contributed by atoms with Crippen molar-refractivity contribution >= 4 is 6.03 Å². The zero-order valence-electron chi connectivity index (χ0n) is 14.1. The minimum absolute atomic E-state index is 0.0403. The minimum atomic E-state index is -0.292. The van der Waals surface area contributed by atoms with Crippen LogP contribution >= 0.6 is 0 Å². The maximum atomic E-state index is 12.8. The number of urea groups is 1. The summed E-state index contributed by atoms with van der Waals surface area (Å²) in [5.41, 5.74) is 0. The van der Waals surface area contributed by atoms with Gasteiger partial charge in [0.1, 0.15) is 18.2 Å². The van der Waals surface area contributed by atoms with Gasteiger partial charge >= 0.3 is 6.03 Å². The van der Waals surface area contributed by atoms with Gasteiger partial charge in [-0.05, 0) is 57.6 Å². The summed E-state index contributed by atoms with van der Waals surface area (Å²) in [5, 5.41) is 2.95. The molecule has 0 radical (unpaired) electrons. The molecule has 1 heterocycles. The smallest absolute Gasteiger partial charge is 0.317 e. The molecule has 1 aliphatic rings. The monoisotopic (exact) mass is 323 g/mol. The van der Waals surface area contributed by atoms with Gasteiger partial charge in [0.25, 0.3) is 0 Å². The highest BCUT2D eigenvalue weighted by molar-refractivity contribution is 5.74. The van der Waals surface area contributed by atoms with Crippen LogP contribution in [-0.2, 0) is 0 Å². The van der Waals surface area contributed by atoms with Crippen molar-refractivity contribution in [2.75, 3.05) is 40.3 Å². The quantitative estimate of drug-likeness (QED) is 0.873. The first kappa shape index (κ1) is 17.5. The number of amides is 2. The van der Waals surface area contributed by atoms with Gasteiger partial charge in [-0.1, -0.05) is 0 Å². The number of hydrogen-bond acceptors (Lipinski definition) is 3. The van der Waals surface area contributed by atoms with E-state index in [1.54, 1.807) is 12.1 Å². The van der Waals surface area contributed by atoms with Crippen molar-refractivity contribution in [2.45, 2.75) is 19.4 Å². The van der Waals surface area contributed by atoms with E-state index in [9.17, 15) is 9.18 Å². The van der Waals surface area contributed by atoms with E-state index in [0.29, 0.717) is 18.3 Å². The van der Waals surface area contributed by atoms with Crippen LogP contribution in [0.1, 0.15) is 13.3 Å². The summed E-state index contributed by atoms with van der Waals surface area (Å²) in [6, 6.07) is 5.72. The van der Waals surface area contributed by atoms with Crippen molar-refractivity contribution < 1.29 is 13.9 Å². The van der Waals surface area contributed by atoms with Gasteiger partial charge in [-0.2, -0.15) is 0 Å². The molecule has 1 saturated heterocycles. The van der Waals surface area contributed by atoms with Crippen LogP contribution < -0.4 is 10.1 Å². The zero-order chi connectivity index (χ0) is 16.8. The van der Waals surface area contributed by atoms with Gasteiger partial charge in [0, 0.05) is 19.6 Å². The average Bonchev–Trinajstić information content (AvgIpc) is 2.94. The molecule has 128 valence electrons. The molecular weight excluding hydrogens is 297 g/mol. The van der Waals surface area contributed by atoms with Crippen molar-refractivity contribution in [2.24, 2.45) is 5.92 Å². The first-order valence-corrected chi connectivity index (χ1v) is 8.02. The molecule has 0 spiro atoms. The number of nitrogens with zero attached hydrogens (tertiary/aromatic N) is 2. The molecular formula is C17H26FN3O2. The van der Waals surface area contributed by atoms with Crippen LogP contribution in [0.25, 0.3) is 0 Å². The number of rotatable bonds is 6. The van der Waals surface area contributed by atoms with Crippen molar-refractivity contribution in [3.63, 3.8) is 0 Å². The van der Waals surface area contributed by atoms with Crippen molar-refractivity contribution in [1.29, 1.82) is 0 Å². The van der Waals surface area contributed by atoms with Crippen molar-refractivity contribution in [1.82, 2.24) is 15.1 Å². The zero-order valence-corrected chi connectivity index (χ0v) is 14.1. The highest BCUT2D eigenvalue weighted by atomic mass is 19.1. The number of ether oxygens (including phenoxy) is 1. The Bertz CT molecular complexity index is 507. The third-order valence-corrected chi connectivity index (χ3v) is 3.88. The van der Waals surface area contributed by atoms with Crippen molar-refractivity contribution in [3.8, 4) is 5.75 Å². The van der Waals surface area contributed by atoms with Gasteiger partial charge in [-0.3, -0.25) is 0 Å². The highest BCUT2D eigenvalue weighted by Crippen LogP contribution is 2.17. The normalized spacial score (nSPS) is 19.0. The number of likely N-dealkylation sites (tertiary alicyclic amines) is 1. The Morgan fingerprint density at radius 1 is 1.43 bits per heavy atom. The molecule has 5 nitrogen and oxygen atoms in total. The third kappa shape index (κ3) is 5.71. The number of nitrogens with one attached hydrogen (secondary N) is 1. The number of carbonyl (C=O) groups is 1. The third-order valence-electron chi connectivity index (χ3n) is 3.88. The topological polar surface area (TPSA) is 44.8 Å². The molecule has 1 aromatic carbocycles. The fourth-order valence-corrected chi connectivity index (χ4v) is 2.78. The molecule has 0 aromatic heterocycles. The molecule has 0 bridgehead atoms. The summed E-state index contributed by atoms with van der Waals surface area (Å²) >= 11 is 0. The predicted molar refractivity (Wildman–Crippen MR) is 88.1 cm³/mol. The summed E-state index contributed by atoms with van der Waals surface area (Å²) < 4.78 is 18.4. The van der Waals surface area contributed by atoms with Gasteiger partial charge in [-0.15, -0.1) is 0 Å². The largest absolute Gasteiger partial charge is 0.491 e. The summed E-state index contributed by atoms with van der Waals surface area (Å²) in [7, 11) is 4.11. The van der Waals surface area contributed by atoms with Crippen LogP contribution in [0.2, 0.25) is 0 Å². The van der Waals surface area contributed by atoms with E-state index >= 15 is 0 Å². The molecule has 2 rings (SSSR count). The Labute approximate surface area is 137 Å². The molecule has 0 aliphatic carbocycles. The van der Waals surface area contributed by atoms with E-state index in [1.165, 1.54) is 12.1 Å². The van der Waals surface area contributed by atoms with Gasteiger partial charge in [0.05, 0.1) is 6.04 Å². The van der Waals surface area contributed by atoms with Crippen molar-refractivity contribution in [3.05, 3.63) is 30.1 Å². The Morgan fingerprint density at radius 2 is 2.13 bits per heavy atom. The molecule has 6 heteroatoms. The minimum Gasteiger partial charge on any atom is -0.491 e. The van der Waals surface area contributed by atoms with E-state index in [-0.39, 0.29) is 17.9 Å². The predicted octanol–water partition coefficient (Wildman–Crippen LogP) is 2.19. The van der Waals surface area contributed by atoms with Gasteiger partial charge in [-0.25, -0.2) is 9.18 Å². The second-order valence-corrected chi connectivity index (χ2v) is 6.48. The van der Waals surface area contributed by atoms with E-state index in [2.05, 4.69) is 24.3 Å². The maximum Gasteiger partial charge on any atom is 0.317 e. The van der Waals surface area contributed by atoms with Crippen LogP contribution in [-0.4, -0.2) is 62.2 Å². The fraction of sp³-hybridized carbons (Fsp3) is 0.588. The van der Waals surface area contributed by atoms with Crippen LogP contribution in [0.3, 0.4) is 0 Å². The van der Waals surface area contributed by atoms with Crippen LogP contribution in [0, 0.1) is 11.7 Å². The molecule has 1 N–H and O–H groups in total. The Hall–Kier alpha value is -1.82. The van der Waals surface area contributed by atoms with Gasteiger partial charge in [0.15, 0.2) is 0 Å². The van der Waals surface area contributed by atoms with Crippen LogP contribution in [0.15, 0.2) is 24.3 Å². The molecule has 0 saturated carbocycles. The standard InChI is InChI=1S/C17H26FN3O2/c1-13(12-23-16-6-4-15(18)5-7-16)19-17(22)21-9-8-14(11-21)10-20(2)3/h4-7,13-14H,8-12H2,1-3H3,(H,19,22)/t13-,14+/m1/s1. The second kappa shape index (κ2) is 8.15. The summed E-state index contributed by atoms with van der Waals surface area (Å²) in [6.07, 6.45) is 1.05. The van der Waals surface area contributed by atoms with Gasteiger partial charge in [0.2, 0.25) is 0 Å². The number of hydrogen-bond donors (Lipinski definition) is 1. The number of benzene rings is 1. The Balaban J connectivity index is 1.71. The maximum absolute atomic E-state index is 12.8. The molecule has 2 amide bonds. The molecule has 0 unspecified atom stereocenters. The molecule has 1 aliphatic heterocycles. The first-order valence-electron chi connectivity index (χ1n) is 8.02. The lowest BCUT2D eigenvalue weighted by Crippen LogP contribution is -2.45. The molecule has 1 aromatic rings.